The van der Waals surface area contributed by atoms with Crippen molar-refractivity contribution in [3.8, 4) is 0 Å². The Labute approximate surface area is 86.4 Å². The number of imidazole rings is 1. The number of hydrogen-bond donors (Lipinski definition) is 2. The summed E-state index contributed by atoms with van der Waals surface area (Å²) >= 11 is 0. The number of carboxylic acid groups (broad SMARTS) is 1. The van der Waals surface area contributed by atoms with Crippen molar-refractivity contribution in [2.45, 2.75) is 6.54 Å². The summed E-state index contributed by atoms with van der Waals surface area (Å²) in [6.07, 6.45) is -0.963. The monoisotopic (exact) mass is 205 g/mol. The average Bonchev–Trinajstić information content (AvgIpc) is 2.59. The third-order valence-electron chi connectivity index (χ3n) is 2.15. The molecule has 2 rings (SSSR count). The van der Waals surface area contributed by atoms with Gasteiger partial charge in [0.1, 0.15) is 5.82 Å². The summed E-state index contributed by atoms with van der Waals surface area (Å²) in [4.78, 5) is 19.1. The van der Waals surface area contributed by atoms with Crippen LogP contribution < -0.4 is 0 Å². The van der Waals surface area contributed by atoms with Crippen LogP contribution in [0.2, 0.25) is 0 Å². The number of H-pyrrole nitrogens is 1. The molecule has 78 valence electrons. The van der Waals surface area contributed by atoms with E-state index in [4.69, 9.17) is 5.11 Å². The smallest absolute Gasteiger partial charge is 0.407 e. The molecule has 0 aliphatic rings. The number of benzene rings is 1. The van der Waals surface area contributed by atoms with Gasteiger partial charge < -0.3 is 15.0 Å². The summed E-state index contributed by atoms with van der Waals surface area (Å²) < 4.78 is 0. The minimum atomic E-state index is -0.963. The van der Waals surface area contributed by atoms with Crippen LogP contribution in [0.5, 0.6) is 0 Å². The second-order valence-electron chi connectivity index (χ2n) is 3.34. The number of nitrogens with zero attached hydrogens (tertiary/aromatic N) is 2. The van der Waals surface area contributed by atoms with Crippen LogP contribution in [0.25, 0.3) is 11.0 Å². The van der Waals surface area contributed by atoms with E-state index in [0.29, 0.717) is 5.82 Å². The molecule has 1 aromatic heterocycles. The van der Waals surface area contributed by atoms with Gasteiger partial charge >= 0.3 is 6.09 Å². The maximum absolute atomic E-state index is 10.6. The number of rotatable bonds is 2. The second kappa shape index (κ2) is 3.61. The molecule has 5 nitrogen and oxygen atoms in total. The van der Waals surface area contributed by atoms with E-state index in [0.717, 1.165) is 11.0 Å². The highest BCUT2D eigenvalue weighted by Gasteiger charge is 2.09. The van der Waals surface area contributed by atoms with E-state index in [1.54, 1.807) is 0 Å². The summed E-state index contributed by atoms with van der Waals surface area (Å²) in [5, 5.41) is 8.70. The average molecular weight is 205 g/mol. The molecule has 1 amide bonds. The zero-order chi connectivity index (χ0) is 10.8. The predicted molar refractivity (Wildman–Crippen MR) is 55.6 cm³/mol. The fraction of sp³-hybridized carbons (Fsp3) is 0.200. The standard InChI is InChI=1S/C10H11N3O2/c1-13(10(14)15)6-9-11-7-4-2-3-5-8(7)12-9/h2-5H,6H2,1H3,(H,11,12)(H,14,15). The molecule has 0 atom stereocenters. The Kier molecular flexibility index (Phi) is 2.29. The molecule has 0 aliphatic heterocycles. The first-order valence-corrected chi connectivity index (χ1v) is 4.54. The molecule has 0 saturated heterocycles. The first-order valence-electron chi connectivity index (χ1n) is 4.54. The molecule has 2 aromatic rings. The molecule has 0 spiro atoms. The second-order valence-corrected chi connectivity index (χ2v) is 3.34. The molecule has 1 heterocycles. The molecule has 2 N–H and O–H groups in total. The lowest BCUT2D eigenvalue weighted by atomic mass is 10.3. The van der Waals surface area contributed by atoms with Gasteiger partial charge in [-0.15, -0.1) is 0 Å². The molecule has 0 radical (unpaired) electrons. The molecule has 1 aromatic carbocycles. The highest BCUT2D eigenvalue weighted by molar-refractivity contribution is 5.74. The quantitative estimate of drug-likeness (QED) is 0.783. The van der Waals surface area contributed by atoms with E-state index < -0.39 is 6.09 Å². The minimum Gasteiger partial charge on any atom is -0.465 e. The zero-order valence-corrected chi connectivity index (χ0v) is 8.27. The van der Waals surface area contributed by atoms with Crippen molar-refractivity contribution >= 4 is 17.1 Å². The molecular weight excluding hydrogens is 194 g/mol. The van der Waals surface area contributed by atoms with Gasteiger partial charge in [0.25, 0.3) is 0 Å². The van der Waals surface area contributed by atoms with Gasteiger partial charge in [-0.1, -0.05) is 12.1 Å². The lowest BCUT2D eigenvalue weighted by Crippen LogP contribution is -2.24. The van der Waals surface area contributed by atoms with Gasteiger partial charge in [-0.2, -0.15) is 0 Å². The van der Waals surface area contributed by atoms with E-state index >= 15 is 0 Å². The summed E-state index contributed by atoms with van der Waals surface area (Å²) in [6.45, 7) is 0.268. The van der Waals surface area contributed by atoms with Crippen LogP contribution in [0.15, 0.2) is 24.3 Å². The van der Waals surface area contributed by atoms with E-state index in [1.807, 2.05) is 24.3 Å². The van der Waals surface area contributed by atoms with Crippen LogP contribution in [0, 0.1) is 0 Å². The molecular formula is C10H11N3O2. The Morgan fingerprint density at radius 3 is 2.93 bits per heavy atom. The van der Waals surface area contributed by atoms with Gasteiger partial charge in [0.05, 0.1) is 17.6 Å². The lowest BCUT2D eigenvalue weighted by Gasteiger charge is -2.09. The SMILES string of the molecule is CN(Cc1nc2ccccc2[nH]1)C(=O)O. The number of nitrogens with one attached hydrogen (secondary N) is 1. The molecule has 5 heteroatoms. The molecule has 0 bridgehead atoms. The lowest BCUT2D eigenvalue weighted by molar-refractivity contribution is 0.153. The molecule has 0 saturated carbocycles. The summed E-state index contributed by atoms with van der Waals surface area (Å²) in [5.41, 5.74) is 1.78. The first kappa shape index (κ1) is 9.51. The minimum absolute atomic E-state index is 0.268. The number of aromatic nitrogens is 2. The van der Waals surface area contributed by atoms with E-state index in [2.05, 4.69) is 9.97 Å². The Hall–Kier alpha value is -2.04. The highest BCUT2D eigenvalue weighted by atomic mass is 16.4. The summed E-state index contributed by atoms with van der Waals surface area (Å²) in [6, 6.07) is 7.60. The maximum atomic E-state index is 10.6. The predicted octanol–water partition coefficient (Wildman–Crippen LogP) is 1.67. The summed E-state index contributed by atoms with van der Waals surface area (Å²) in [5.74, 6) is 0.654. The summed E-state index contributed by atoms with van der Waals surface area (Å²) in [7, 11) is 1.51. The fourth-order valence-corrected chi connectivity index (χ4v) is 1.37. The van der Waals surface area contributed by atoms with Crippen LogP contribution in [-0.4, -0.2) is 33.1 Å². The Morgan fingerprint density at radius 2 is 2.27 bits per heavy atom. The van der Waals surface area contributed by atoms with Crippen LogP contribution in [0.4, 0.5) is 4.79 Å². The van der Waals surface area contributed by atoms with Crippen molar-refractivity contribution in [1.82, 2.24) is 14.9 Å². The van der Waals surface area contributed by atoms with Gasteiger partial charge in [0.2, 0.25) is 0 Å². The van der Waals surface area contributed by atoms with Crippen molar-refractivity contribution in [3.05, 3.63) is 30.1 Å². The fourth-order valence-electron chi connectivity index (χ4n) is 1.37. The van der Waals surface area contributed by atoms with Crippen molar-refractivity contribution in [2.75, 3.05) is 7.05 Å². The third kappa shape index (κ3) is 1.90. The number of hydrogen-bond acceptors (Lipinski definition) is 2. The normalized spacial score (nSPS) is 10.5. The van der Waals surface area contributed by atoms with E-state index in [-0.39, 0.29) is 6.54 Å². The highest BCUT2D eigenvalue weighted by Crippen LogP contribution is 2.11. The number of carbonyl (C=O) groups is 1. The molecule has 0 aliphatic carbocycles. The Balaban J connectivity index is 2.26. The zero-order valence-electron chi connectivity index (χ0n) is 8.27. The van der Waals surface area contributed by atoms with Gasteiger partial charge in [-0.05, 0) is 12.1 Å². The Morgan fingerprint density at radius 1 is 1.53 bits per heavy atom. The van der Waals surface area contributed by atoms with Crippen molar-refractivity contribution < 1.29 is 9.90 Å². The number of fused-ring (bicyclic) bond motifs is 1. The van der Waals surface area contributed by atoms with Crippen LogP contribution in [-0.2, 0) is 6.54 Å². The molecule has 0 unspecified atom stereocenters. The number of para-hydroxylation sites is 2. The van der Waals surface area contributed by atoms with Crippen LogP contribution in [0.3, 0.4) is 0 Å². The topological polar surface area (TPSA) is 69.2 Å². The Bertz CT molecular complexity index is 459. The number of amides is 1. The number of aromatic amines is 1. The van der Waals surface area contributed by atoms with Crippen molar-refractivity contribution in [1.29, 1.82) is 0 Å². The maximum Gasteiger partial charge on any atom is 0.407 e. The van der Waals surface area contributed by atoms with E-state index in [9.17, 15) is 4.79 Å². The van der Waals surface area contributed by atoms with Crippen molar-refractivity contribution in [3.63, 3.8) is 0 Å². The third-order valence-corrected chi connectivity index (χ3v) is 2.15. The van der Waals surface area contributed by atoms with Gasteiger partial charge in [-0.3, -0.25) is 0 Å². The molecule has 0 fully saturated rings. The van der Waals surface area contributed by atoms with Gasteiger partial charge in [-0.25, -0.2) is 9.78 Å². The van der Waals surface area contributed by atoms with Crippen LogP contribution >= 0.6 is 0 Å². The first-order chi connectivity index (χ1) is 7.16. The van der Waals surface area contributed by atoms with Gasteiger partial charge in [0, 0.05) is 7.05 Å². The van der Waals surface area contributed by atoms with E-state index in [1.165, 1.54) is 11.9 Å². The molecule has 15 heavy (non-hydrogen) atoms. The van der Waals surface area contributed by atoms with Gasteiger partial charge in [0.15, 0.2) is 0 Å². The van der Waals surface area contributed by atoms with Crippen LogP contribution in [0.1, 0.15) is 5.82 Å². The van der Waals surface area contributed by atoms with Crippen molar-refractivity contribution in [2.24, 2.45) is 0 Å². The largest absolute Gasteiger partial charge is 0.465 e.